The number of aromatic nitrogens is 5. The van der Waals surface area contributed by atoms with Crippen LogP contribution in [0.5, 0.6) is 11.5 Å². The van der Waals surface area contributed by atoms with Gasteiger partial charge in [0.25, 0.3) is 5.91 Å². The van der Waals surface area contributed by atoms with Crippen molar-refractivity contribution in [3.8, 4) is 22.9 Å². The quantitative estimate of drug-likeness (QED) is 0.404. The number of fused-ring (bicyclic) bond motifs is 1. The Morgan fingerprint density at radius 3 is 2.67 bits per heavy atom. The second-order valence-electron chi connectivity index (χ2n) is 8.04. The SMILES string of the molecule is CCOc1ccc(C2C(C(=O)Nc3cccnc3)=C(C)Nc3nc(-c4ccncc4)nn32)cc1OC. The minimum absolute atomic E-state index is 0.280. The Morgan fingerprint density at radius 1 is 1.11 bits per heavy atom. The summed E-state index contributed by atoms with van der Waals surface area (Å²) in [7, 11) is 1.59. The van der Waals surface area contributed by atoms with E-state index in [1.54, 1.807) is 48.7 Å². The van der Waals surface area contributed by atoms with Crippen LogP contribution in [0.2, 0.25) is 0 Å². The molecule has 1 aromatic carbocycles. The van der Waals surface area contributed by atoms with Crippen LogP contribution >= 0.6 is 0 Å². The highest BCUT2D eigenvalue weighted by atomic mass is 16.5. The molecule has 5 rings (SSSR count). The molecule has 0 saturated heterocycles. The van der Waals surface area contributed by atoms with E-state index in [1.807, 2.05) is 44.2 Å². The van der Waals surface area contributed by atoms with Crippen LogP contribution in [0.1, 0.15) is 25.5 Å². The number of pyridine rings is 2. The fraction of sp³-hybridized carbons (Fsp3) is 0.192. The standard InChI is InChI=1S/C26H25N7O3/c1-4-36-20-8-7-18(14-21(20)35-3)23-22(25(34)30-19-6-5-11-28-15-19)16(2)29-26-31-24(32-33(23)26)17-9-12-27-13-10-17/h5-15,23H,4H2,1-3H3,(H,30,34)(H,29,31,32). The molecule has 1 amide bonds. The maximum Gasteiger partial charge on any atom is 0.255 e. The number of methoxy groups -OCH3 is 1. The fourth-order valence-electron chi connectivity index (χ4n) is 4.14. The number of nitrogens with one attached hydrogen (secondary N) is 2. The molecule has 1 unspecified atom stereocenters. The summed E-state index contributed by atoms with van der Waals surface area (Å²) >= 11 is 0. The zero-order valence-electron chi connectivity index (χ0n) is 20.1. The van der Waals surface area contributed by atoms with Gasteiger partial charge in [-0.05, 0) is 55.8 Å². The number of benzene rings is 1. The van der Waals surface area contributed by atoms with Gasteiger partial charge in [0.15, 0.2) is 17.3 Å². The third kappa shape index (κ3) is 4.36. The van der Waals surface area contributed by atoms with Crippen molar-refractivity contribution in [3.63, 3.8) is 0 Å². The lowest BCUT2D eigenvalue weighted by Gasteiger charge is -2.29. The molecule has 3 aromatic heterocycles. The Kier molecular flexibility index (Phi) is 6.31. The summed E-state index contributed by atoms with van der Waals surface area (Å²) in [6, 6.07) is 12.3. The molecule has 4 heterocycles. The molecule has 1 aliphatic rings. The summed E-state index contributed by atoms with van der Waals surface area (Å²) in [5, 5.41) is 11.0. The fourth-order valence-corrected chi connectivity index (χ4v) is 4.14. The van der Waals surface area contributed by atoms with E-state index in [1.165, 1.54) is 0 Å². The first-order valence-electron chi connectivity index (χ1n) is 11.5. The number of allylic oxidation sites excluding steroid dienone is 1. The number of ether oxygens (including phenoxy) is 2. The lowest BCUT2D eigenvalue weighted by molar-refractivity contribution is -0.113. The Bertz CT molecular complexity index is 1420. The lowest BCUT2D eigenvalue weighted by Crippen LogP contribution is -2.31. The highest BCUT2D eigenvalue weighted by Gasteiger charge is 2.35. The van der Waals surface area contributed by atoms with Gasteiger partial charge in [-0.15, -0.1) is 5.10 Å². The minimum Gasteiger partial charge on any atom is -0.493 e. The van der Waals surface area contributed by atoms with E-state index in [0.717, 1.165) is 11.1 Å². The first-order chi connectivity index (χ1) is 17.6. The van der Waals surface area contributed by atoms with Gasteiger partial charge in [0.05, 0.1) is 31.2 Å². The molecule has 182 valence electrons. The van der Waals surface area contributed by atoms with Gasteiger partial charge in [0, 0.05) is 29.9 Å². The summed E-state index contributed by atoms with van der Waals surface area (Å²) in [5.74, 6) is 1.95. The Labute approximate surface area is 208 Å². The van der Waals surface area contributed by atoms with Gasteiger partial charge in [0.2, 0.25) is 5.95 Å². The van der Waals surface area contributed by atoms with Gasteiger partial charge in [-0.25, -0.2) is 4.68 Å². The smallest absolute Gasteiger partial charge is 0.255 e. The number of rotatable bonds is 7. The molecule has 1 aliphatic heterocycles. The summed E-state index contributed by atoms with van der Waals surface area (Å²) in [6.07, 6.45) is 6.63. The van der Waals surface area contributed by atoms with Crippen molar-refractivity contribution in [2.75, 3.05) is 24.4 Å². The van der Waals surface area contributed by atoms with E-state index in [4.69, 9.17) is 19.6 Å². The second kappa shape index (κ2) is 9.87. The van der Waals surface area contributed by atoms with Crippen LogP contribution in [-0.2, 0) is 4.79 Å². The Hall–Kier alpha value is -4.73. The van der Waals surface area contributed by atoms with E-state index in [0.29, 0.717) is 46.8 Å². The molecule has 1 atom stereocenters. The predicted molar refractivity (Wildman–Crippen MR) is 135 cm³/mol. The molecule has 0 fully saturated rings. The van der Waals surface area contributed by atoms with Gasteiger partial charge >= 0.3 is 0 Å². The van der Waals surface area contributed by atoms with E-state index < -0.39 is 6.04 Å². The van der Waals surface area contributed by atoms with E-state index >= 15 is 0 Å². The third-order valence-electron chi connectivity index (χ3n) is 5.76. The summed E-state index contributed by atoms with van der Waals surface area (Å²) in [4.78, 5) is 26.5. The molecule has 0 aliphatic carbocycles. The Balaban J connectivity index is 1.63. The summed E-state index contributed by atoms with van der Waals surface area (Å²) in [6.45, 7) is 4.26. The van der Waals surface area contributed by atoms with E-state index in [-0.39, 0.29) is 5.91 Å². The number of amides is 1. The van der Waals surface area contributed by atoms with Crippen LogP contribution < -0.4 is 20.1 Å². The molecule has 10 heteroatoms. The molecule has 0 spiro atoms. The zero-order chi connectivity index (χ0) is 25.1. The summed E-state index contributed by atoms with van der Waals surface area (Å²) < 4.78 is 13.0. The number of carbonyl (C=O) groups is 1. The molecular weight excluding hydrogens is 458 g/mol. The van der Waals surface area contributed by atoms with Crippen LogP contribution in [0.15, 0.2) is 78.5 Å². The van der Waals surface area contributed by atoms with E-state index in [2.05, 4.69) is 20.6 Å². The van der Waals surface area contributed by atoms with E-state index in [9.17, 15) is 4.79 Å². The van der Waals surface area contributed by atoms with Crippen LogP contribution in [0.25, 0.3) is 11.4 Å². The molecule has 0 saturated carbocycles. The average Bonchev–Trinajstić information content (AvgIpc) is 3.33. The average molecular weight is 484 g/mol. The van der Waals surface area contributed by atoms with Crippen LogP contribution in [0.4, 0.5) is 11.6 Å². The topological polar surface area (TPSA) is 116 Å². The minimum atomic E-state index is -0.578. The van der Waals surface area contributed by atoms with Crippen molar-refractivity contribution < 1.29 is 14.3 Å². The molecule has 0 radical (unpaired) electrons. The molecule has 10 nitrogen and oxygen atoms in total. The van der Waals surface area contributed by atoms with Gasteiger partial charge in [-0.1, -0.05) is 6.07 Å². The van der Waals surface area contributed by atoms with Crippen molar-refractivity contribution in [1.29, 1.82) is 0 Å². The second-order valence-corrected chi connectivity index (χ2v) is 8.04. The molecule has 2 N–H and O–H groups in total. The maximum absolute atomic E-state index is 13.6. The maximum atomic E-state index is 13.6. The summed E-state index contributed by atoms with van der Waals surface area (Å²) in [5.41, 5.74) is 3.35. The van der Waals surface area contributed by atoms with Gasteiger partial charge in [-0.3, -0.25) is 14.8 Å². The third-order valence-corrected chi connectivity index (χ3v) is 5.76. The van der Waals surface area contributed by atoms with Gasteiger partial charge < -0.3 is 20.1 Å². The number of carbonyl (C=O) groups excluding carboxylic acids is 1. The zero-order valence-corrected chi connectivity index (χ0v) is 20.1. The number of anilines is 2. The number of hydrogen-bond donors (Lipinski definition) is 2. The van der Waals surface area contributed by atoms with Crippen molar-refractivity contribution in [2.24, 2.45) is 0 Å². The van der Waals surface area contributed by atoms with Crippen LogP contribution in [-0.4, -0.2) is 44.4 Å². The van der Waals surface area contributed by atoms with Crippen LogP contribution in [0, 0.1) is 0 Å². The number of hydrogen-bond acceptors (Lipinski definition) is 8. The van der Waals surface area contributed by atoms with Crippen molar-refractivity contribution >= 4 is 17.5 Å². The lowest BCUT2D eigenvalue weighted by atomic mass is 9.94. The highest BCUT2D eigenvalue weighted by molar-refractivity contribution is 6.06. The molecule has 4 aromatic rings. The molecular formula is C26H25N7O3. The van der Waals surface area contributed by atoms with Gasteiger partial charge in [-0.2, -0.15) is 4.98 Å². The first kappa shape index (κ1) is 23.0. The normalized spacial score (nSPS) is 14.6. The van der Waals surface area contributed by atoms with Crippen molar-refractivity contribution in [1.82, 2.24) is 24.7 Å². The Morgan fingerprint density at radius 2 is 1.94 bits per heavy atom. The monoisotopic (exact) mass is 483 g/mol. The molecule has 0 bridgehead atoms. The molecule has 36 heavy (non-hydrogen) atoms. The largest absolute Gasteiger partial charge is 0.493 e. The van der Waals surface area contributed by atoms with Crippen molar-refractivity contribution in [2.45, 2.75) is 19.9 Å². The first-order valence-corrected chi connectivity index (χ1v) is 11.5. The predicted octanol–water partition coefficient (Wildman–Crippen LogP) is 4.07. The van der Waals surface area contributed by atoms with Gasteiger partial charge in [0.1, 0.15) is 6.04 Å². The van der Waals surface area contributed by atoms with Crippen molar-refractivity contribution in [3.05, 3.63) is 84.1 Å². The number of nitrogens with zero attached hydrogens (tertiary/aromatic N) is 5. The highest BCUT2D eigenvalue weighted by Crippen LogP contribution is 2.39. The van der Waals surface area contributed by atoms with Crippen LogP contribution in [0.3, 0.4) is 0 Å².